The van der Waals surface area contributed by atoms with E-state index in [9.17, 15) is 10.2 Å². The van der Waals surface area contributed by atoms with Gasteiger partial charge in [-0.1, -0.05) is 0 Å². The predicted molar refractivity (Wildman–Crippen MR) is 53.3 cm³/mol. The lowest BCUT2D eigenvalue weighted by Gasteiger charge is -2.33. The Bertz CT molecular complexity index is 258. The highest BCUT2D eigenvalue weighted by Crippen LogP contribution is 2.59. The van der Waals surface area contributed by atoms with Crippen LogP contribution in [0.15, 0.2) is 0 Å². The molecule has 0 aromatic heterocycles. The monoisotopic (exact) mass is 230 g/mol. The summed E-state index contributed by atoms with van der Waals surface area (Å²) in [7, 11) is 3.21. The second-order valence-electron chi connectivity index (χ2n) is 5.04. The van der Waals surface area contributed by atoms with E-state index in [4.69, 9.17) is 14.2 Å². The van der Waals surface area contributed by atoms with Gasteiger partial charge in [-0.15, -0.1) is 0 Å². The zero-order chi connectivity index (χ0) is 11.4. The molecule has 92 valence electrons. The summed E-state index contributed by atoms with van der Waals surface area (Å²) >= 11 is 0. The van der Waals surface area contributed by atoms with Gasteiger partial charge in [-0.3, -0.25) is 0 Å². The molecular weight excluding hydrogens is 212 g/mol. The SMILES string of the molecule is CO[C@H]1O[C@@H](OC)[C@H]2[C@H]3C[C@@H]([C@@H](O)[C@H]3O)[C@@H]12. The largest absolute Gasteiger partial charge is 0.390 e. The fourth-order valence-corrected chi connectivity index (χ4v) is 3.95. The Kier molecular flexibility index (Phi) is 2.49. The molecule has 2 bridgehead atoms. The van der Waals surface area contributed by atoms with Gasteiger partial charge in [0.15, 0.2) is 12.6 Å². The van der Waals surface area contributed by atoms with Crippen molar-refractivity contribution in [3.05, 3.63) is 0 Å². The first-order chi connectivity index (χ1) is 7.69. The van der Waals surface area contributed by atoms with Crippen molar-refractivity contribution < 1.29 is 24.4 Å². The van der Waals surface area contributed by atoms with E-state index >= 15 is 0 Å². The highest BCUT2D eigenvalue weighted by molar-refractivity contribution is 5.09. The van der Waals surface area contributed by atoms with Crippen molar-refractivity contribution in [2.75, 3.05) is 14.2 Å². The minimum atomic E-state index is -0.636. The van der Waals surface area contributed by atoms with E-state index in [0.717, 1.165) is 6.42 Å². The van der Waals surface area contributed by atoms with Crippen LogP contribution in [0.2, 0.25) is 0 Å². The molecule has 16 heavy (non-hydrogen) atoms. The molecule has 0 amide bonds. The molecule has 8 atom stereocenters. The first-order valence-electron chi connectivity index (χ1n) is 5.76. The van der Waals surface area contributed by atoms with Gasteiger partial charge in [0, 0.05) is 26.1 Å². The highest BCUT2D eigenvalue weighted by Gasteiger charge is 2.65. The molecule has 2 aliphatic carbocycles. The quantitative estimate of drug-likeness (QED) is 0.673. The molecule has 5 nitrogen and oxygen atoms in total. The maximum atomic E-state index is 9.91. The minimum Gasteiger partial charge on any atom is -0.390 e. The highest BCUT2D eigenvalue weighted by atomic mass is 16.8. The molecule has 0 unspecified atom stereocenters. The molecule has 2 N–H and O–H groups in total. The second-order valence-corrected chi connectivity index (χ2v) is 5.04. The minimum absolute atomic E-state index is 0.0788. The second kappa shape index (κ2) is 3.65. The Balaban J connectivity index is 1.89. The molecule has 1 saturated heterocycles. The van der Waals surface area contributed by atoms with E-state index in [2.05, 4.69) is 0 Å². The average Bonchev–Trinajstić information content (AvgIpc) is 2.90. The van der Waals surface area contributed by atoms with Gasteiger partial charge in [0.05, 0.1) is 12.2 Å². The Morgan fingerprint density at radius 3 is 1.75 bits per heavy atom. The van der Waals surface area contributed by atoms with Crippen LogP contribution in [0.4, 0.5) is 0 Å². The Morgan fingerprint density at radius 1 is 0.938 bits per heavy atom. The summed E-state index contributed by atoms with van der Waals surface area (Å²) in [4.78, 5) is 0. The number of hydrogen-bond acceptors (Lipinski definition) is 5. The van der Waals surface area contributed by atoms with Crippen molar-refractivity contribution >= 4 is 0 Å². The third-order valence-electron chi connectivity index (χ3n) is 4.57. The molecule has 5 heteroatoms. The number of hydrogen-bond donors (Lipinski definition) is 2. The first-order valence-corrected chi connectivity index (χ1v) is 5.76. The van der Waals surface area contributed by atoms with Crippen LogP contribution >= 0.6 is 0 Å². The van der Waals surface area contributed by atoms with Crippen LogP contribution in [0.25, 0.3) is 0 Å². The number of ether oxygens (including phenoxy) is 3. The number of aliphatic hydroxyl groups excluding tert-OH is 2. The molecule has 0 aromatic rings. The van der Waals surface area contributed by atoms with Crippen LogP contribution in [-0.2, 0) is 14.2 Å². The standard InChI is InChI=1S/C11H18O5/c1-14-10-6-4-3-5(9(13)8(4)12)7(6)11(15-2)16-10/h4-13H,3H2,1-2H3/t4-,5-,6-,7+,8-,9+,10+,11-/m1/s1. The van der Waals surface area contributed by atoms with E-state index in [1.165, 1.54) is 0 Å². The molecular formula is C11H18O5. The smallest absolute Gasteiger partial charge is 0.163 e. The van der Waals surface area contributed by atoms with Gasteiger partial charge in [-0.05, 0) is 18.3 Å². The van der Waals surface area contributed by atoms with Gasteiger partial charge in [-0.2, -0.15) is 0 Å². The van der Waals surface area contributed by atoms with Gasteiger partial charge in [0.25, 0.3) is 0 Å². The lowest BCUT2D eigenvalue weighted by Crippen LogP contribution is -2.44. The molecule has 0 spiro atoms. The fraction of sp³-hybridized carbons (Fsp3) is 1.00. The average molecular weight is 230 g/mol. The number of methoxy groups -OCH3 is 2. The summed E-state index contributed by atoms with van der Waals surface area (Å²) in [5.74, 6) is 0.460. The van der Waals surface area contributed by atoms with Crippen LogP contribution in [0.5, 0.6) is 0 Å². The normalized spacial score (nSPS) is 59.2. The van der Waals surface area contributed by atoms with E-state index in [0.29, 0.717) is 0 Å². The number of aliphatic hydroxyl groups is 2. The molecule has 0 aromatic carbocycles. The maximum Gasteiger partial charge on any atom is 0.163 e. The van der Waals surface area contributed by atoms with Gasteiger partial charge in [0.2, 0.25) is 0 Å². The van der Waals surface area contributed by atoms with Crippen LogP contribution in [0.1, 0.15) is 6.42 Å². The van der Waals surface area contributed by atoms with E-state index in [1.807, 2.05) is 0 Å². The van der Waals surface area contributed by atoms with Gasteiger partial charge in [-0.25, -0.2) is 0 Å². The van der Waals surface area contributed by atoms with Crippen molar-refractivity contribution in [3.63, 3.8) is 0 Å². The van der Waals surface area contributed by atoms with E-state index in [-0.39, 0.29) is 36.3 Å². The third-order valence-corrected chi connectivity index (χ3v) is 4.57. The van der Waals surface area contributed by atoms with Gasteiger partial charge in [0.1, 0.15) is 0 Å². The summed E-state index contributed by atoms with van der Waals surface area (Å²) in [5.41, 5.74) is 0. The van der Waals surface area contributed by atoms with Crippen molar-refractivity contribution in [1.29, 1.82) is 0 Å². The summed E-state index contributed by atoms with van der Waals surface area (Å²) in [6.07, 6.45) is -1.05. The summed E-state index contributed by atoms with van der Waals surface area (Å²) in [6, 6.07) is 0. The topological polar surface area (TPSA) is 68.2 Å². The molecule has 3 rings (SSSR count). The third kappa shape index (κ3) is 1.18. The lowest BCUT2D eigenvalue weighted by atomic mass is 9.77. The fourth-order valence-electron chi connectivity index (χ4n) is 3.95. The first kappa shape index (κ1) is 10.9. The molecule has 1 aliphatic heterocycles. The van der Waals surface area contributed by atoms with Crippen LogP contribution in [0, 0.1) is 23.7 Å². The molecule has 0 radical (unpaired) electrons. The Hall–Kier alpha value is -0.200. The van der Waals surface area contributed by atoms with Crippen molar-refractivity contribution in [2.45, 2.75) is 31.2 Å². The Morgan fingerprint density at radius 2 is 1.38 bits per heavy atom. The number of fused-ring (bicyclic) bond motifs is 5. The zero-order valence-corrected chi connectivity index (χ0v) is 9.45. The lowest BCUT2D eigenvalue weighted by molar-refractivity contribution is -0.203. The molecule has 2 saturated carbocycles. The van der Waals surface area contributed by atoms with Crippen molar-refractivity contribution in [2.24, 2.45) is 23.7 Å². The van der Waals surface area contributed by atoms with Crippen LogP contribution in [-0.4, -0.2) is 49.2 Å². The van der Waals surface area contributed by atoms with Crippen molar-refractivity contribution in [1.82, 2.24) is 0 Å². The molecule has 3 aliphatic rings. The molecule has 1 heterocycles. The van der Waals surface area contributed by atoms with Gasteiger partial charge >= 0.3 is 0 Å². The summed E-state index contributed by atoms with van der Waals surface area (Å²) < 4.78 is 16.2. The summed E-state index contributed by atoms with van der Waals surface area (Å²) in [5, 5.41) is 19.8. The zero-order valence-electron chi connectivity index (χ0n) is 9.45. The predicted octanol–water partition coefficient (Wildman–Crippen LogP) is -0.435. The Labute approximate surface area is 94.3 Å². The molecule has 3 fully saturated rings. The van der Waals surface area contributed by atoms with Crippen molar-refractivity contribution in [3.8, 4) is 0 Å². The van der Waals surface area contributed by atoms with E-state index in [1.54, 1.807) is 14.2 Å². The number of rotatable bonds is 2. The van der Waals surface area contributed by atoms with Crippen LogP contribution < -0.4 is 0 Å². The van der Waals surface area contributed by atoms with Gasteiger partial charge < -0.3 is 24.4 Å². The van der Waals surface area contributed by atoms with E-state index < -0.39 is 12.2 Å². The summed E-state index contributed by atoms with van der Waals surface area (Å²) in [6.45, 7) is 0. The maximum absolute atomic E-state index is 9.91. The van der Waals surface area contributed by atoms with Crippen LogP contribution in [0.3, 0.4) is 0 Å².